The Labute approximate surface area is 200 Å². The molecule has 0 N–H and O–H groups in total. The second-order valence-electron chi connectivity index (χ2n) is 8.99. The summed E-state index contributed by atoms with van der Waals surface area (Å²) in [5.41, 5.74) is 5.23. The zero-order chi connectivity index (χ0) is 23.3. The van der Waals surface area contributed by atoms with Gasteiger partial charge in [-0.15, -0.1) is 0 Å². The zero-order valence-electron chi connectivity index (χ0n) is 20.4. The quantitative estimate of drug-likeness (QED) is 0.224. The first-order valence-corrected chi connectivity index (χ1v) is 12.8. The van der Waals surface area contributed by atoms with Gasteiger partial charge in [0.2, 0.25) is 0 Å². The lowest BCUT2D eigenvalue weighted by molar-refractivity contribution is 0.303. The zero-order valence-corrected chi connectivity index (χ0v) is 20.4. The van der Waals surface area contributed by atoms with E-state index < -0.39 is 0 Å². The number of unbranched alkanes of at least 4 members (excludes halogenated alkanes) is 7. The van der Waals surface area contributed by atoms with Gasteiger partial charge >= 0.3 is 0 Å². The van der Waals surface area contributed by atoms with Crippen LogP contribution in [0, 0.1) is 5.82 Å². The molecule has 0 unspecified atom stereocenters. The molecule has 3 aromatic carbocycles. The molecule has 3 rings (SSSR count). The lowest BCUT2D eigenvalue weighted by Crippen LogP contribution is -1.98. The molecule has 0 radical (unpaired) electrons. The molecule has 176 valence electrons. The standard InChI is InChI=1S/C31H39FO/c1-3-5-7-8-9-11-23-33-29-21-22-30(31(32)24-29)28-19-17-27(18-20-28)26-15-13-25(14-16-26)12-10-6-4-2/h13-22,24H,3-12,23H2,1-2H3. The van der Waals surface area contributed by atoms with Crippen LogP contribution in [-0.2, 0) is 6.42 Å². The topological polar surface area (TPSA) is 9.23 Å². The van der Waals surface area contributed by atoms with Gasteiger partial charge in [0.15, 0.2) is 0 Å². The van der Waals surface area contributed by atoms with Crippen molar-refractivity contribution in [1.29, 1.82) is 0 Å². The van der Waals surface area contributed by atoms with Crippen molar-refractivity contribution in [3.8, 4) is 28.0 Å². The second kappa shape index (κ2) is 13.8. The molecule has 1 nitrogen and oxygen atoms in total. The van der Waals surface area contributed by atoms with E-state index in [2.05, 4.69) is 50.2 Å². The number of hydrogen-bond acceptors (Lipinski definition) is 1. The average Bonchev–Trinajstić information content (AvgIpc) is 2.84. The molecule has 0 bridgehead atoms. The largest absolute Gasteiger partial charge is 0.493 e. The van der Waals surface area contributed by atoms with E-state index >= 15 is 0 Å². The van der Waals surface area contributed by atoms with Crippen LogP contribution in [0.1, 0.15) is 77.2 Å². The van der Waals surface area contributed by atoms with Crippen molar-refractivity contribution in [2.45, 2.75) is 78.1 Å². The summed E-state index contributed by atoms with van der Waals surface area (Å²) in [4.78, 5) is 0. The second-order valence-corrected chi connectivity index (χ2v) is 8.99. The number of hydrogen-bond donors (Lipinski definition) is 0. The van der Waals surface area contributed by atoms with Gasteiger partial charge in [-0.1, -0.05) is 107 Å². The van der Waals surface area contributed by atoms with Crippen molar-refractivity contribution >= 4 is 0 Å². The van der Waals surface area contributed by atoms with E-state index in [9.17, 15) is 4.39 Å². The molecular formula is C31H39FO. The summed E-state index contributed by atoms with van der Waals surface area (Å²) < 4.78 is 20.5. The predicted molar refractivity (Wildman–Crippen MR) is 139 cm³/mol. The van der Waals surface area contributed by atoms with Crippen LogP contribution in [0.2, 0.25) is 0 Å². The minimum atomic E-state index is -0.236. The Morgan fingerprint density at radius 1 is 0.606 bits per heavy atom. The van der Waals surface area contributed by atoms with Crippen LogP contribution < -0.4 is 4.74 Å². The first-order chi connectivity index (χ1) is 16.2. The fraction of sp³-hybridized carbons (Fsp3) is 0.419. The molecule has 2 heteroatoms. The van der Waals surface area contributed by atoms with E-state index in [1.165, 1.54) is 68.6 Å². The van der Waals surface area contributed by atoms with Crippen LogP contribution in [0.15, 0.2) is 66.7 Å². The highest BCUT2D eigenvalue weighted by Crippen LogP contribution is 2.29. The van der Waals surface area contributed by atoms with Crippen molar-refractivity contribution in [2.75, 3.05) is 6.61 Å². The Morgan fingerprint density at radius 2 is 1.18 bits per heavy atom. The number of ether oxygens (including phenoxy) is 1. The van der Waals surface area contributed by atoms with Crippen molar-refractivity contribution < 1.29 is 9.13 Å². The summed E-state index contributed by atoms with van der Waals surface area (Å²) in [6.45, 7) is 5.11. The van der Waals surface area contributed by atoms with Crippen LogP contribution in [-0.4, -0.2) is 6.61 Å². The molecule has 0 aliphatic carbocycles. The van der Waals surface area contributed by atoms with E-state index in [1.807, 2.05) is 24.3 Å². The fourth-order valence-corrected chi connectivity index (χ4v) is 4.18. The summed E-state index contributed by atoms with van der Waals surface area (Å²) in [5.74, 6) is 0.375. The Kier molecular flexibility index (Phi) is 10.5. The summed E-state index contributed by atoms with van der Waals surface area (Å²) in [5, 5.41) is 0. The van der Waals surface area contributed by atoms with Crippen LogP contribution in [0.4, 0.5) is 4.39 Å². The van der Waals surface area contributed by atoms with Crippen molar-refractivity contribution in [2.24, 2.45) is 0 Å². The van der Waals surface area contributed by atoms with Gasteiger partial charge in [-0.3, -0.25) is 0 Å². The summed E-state index contributed by atoms with van der Waals surface area (Å²) >= 11 is 0. The minimum Gasteiger partial charge on any atom is -0.493 e. The molecule has 3 aromatic rings. The van der Waals surface area contributed by atoms with Gasteiger partial charge in [0.1, 0.15) is 11.6 Å². The lowest BCUT2D eigenvalue weighted by atomic mass is 9.98. The van der Waals surface area contributed by atoms with E-state index in [-0.39, 0.29) is 5.82 Å². The molecule has 0 fully saturated rings. The Balaban J connectivity index is 1.54. The Morgan fingerprint density at radius 3 is 1.85 bits per heavy atom. The maximum atomic E-state index is 14.8. The van der Waals surface area contributed by atoms with Crippen LogP contribution in [0.25, 0.3) is 22.3 Å². The minimum absolute atomic E-state index is 0.236. The first-order valence-electron chi connectivity index (χ1n) is 12.8. The normalized spacial score (nSPS) is 11.0. The fourth-order valence-electron chi connectivity index (χ4n) is 4.18. The van der Waals surface area contributed by atoms with Gasteiger partial charge < -0.3 is 4.74 Å². The molecule has 0 atom stereocenters. The summed E-state index contributed by atoms with van der Waals surface area (Å²) in [7, 11) is 0. The van der Waals surface area contributed by atoms with Gasteiger partial charge in [0, 0.05) is 11.6 Å². The third-order valence-electron chi connectivity index (χ3n) is 6.26. The smallest absolute Gasteiger partial charge is 0.134 e. The molecule has 0 amide bonds. The molecule has 0 saturated carbocycles. The molecule has 0 aromatic heterocycles. The molecular weight excluding hydrogens is 407 g/mol. The molecule has 0 aliphatic heterocycles. The van der Waals surface area contributed by atoms with E-state index in [4.69, 9.17) is 4.74 Å². The monoisotopic (exact) mass is 446 g/mol. The van der Waals surface area contributed by atoms with Crippen LogP contribution in [0.3, 0.4) is 0 Å². The van der Waals surface area contributed by atoms with Gasteiger partial charge in [-0.2, -0.15) is 0 Å². The molecule has 0 heterocycles. The molecule has 0 spiro atoms. The number of benzene rings is 3. The van der Waals surface area contributed by atoms with Crippen LogP contribution >= 0.6 is 0 Å². The summed E-state index contributed by atoms with van der Waals surface area (Å²) in [6, 6.07) is 22.2. The number of rotatable bonds is 14. The molecule has 0 aliphatic rings. The van der Waals surface area contributed by atoms with E-state index in [1.54, 1.807) is 0 Å². The highest BCUT2D eigenvalue weighted by atomic mass is 19.1. The van der Waals surface area contributed by atoms with E-state index in [0.717, 1.165) is 24.0 Å². The Bertz CT molecular complexity index is 944. The SMILES string of the molecule is CCCCCCCCOc1ccc(-c2ccc(-c3ccc(CCCCC)cc3)cc2)c(F)c1. The Hall–Kier alpha value is -2.61. The maximum Gasteiger partial charge on any atom is 0.134 e. The van der Waals surface area contributed by atoms with Gasteiger partial charge in [0.05, 0.1) is 6.61 Å². The van der Waals surface area contributed by atoms with Crippen molar-refractivity contribution in [1.82, 2.24) is 0 Å². The predicted octanol–water partition coefficient (Wildman–Crippen LogP) is 9.63. The van der Waals surface area contributed by atoms with Crippen LogP contribution in [0.5, 0.6) is 5.75 Å². The van der Waals surface area contributed by atoms with Gasteiger partial charge in [0.25, 0.3) is 0 Å². The van der Waals surface area contributed by atoms with Gasteiger partial charge in [-0.25, -0.2) is 4.39 Å². The van der Waals surface area contributed by atoms with E-state index in [0.29, 0.717) is 17.9 Å². The maximum absolute atomic E-state index is 14.8. The third-order valence-corrected chi connectivity index (χ3v) is 6.26. The average molecular weight is 447 g/mol. The van der Waals surface area contributed by atoms with Gasteiger partial charge in [-0.05, 0) is 53.6 Å². The number of halogens is 1. The third kappa shape index (κ3) is 8.03. The summed E-state index contributed by atoms with van der Waals surface area (Å²) in [6.07, 6.45) is 12.2. The first kappa shape index (κ1) is 25.0. The molecule has 33 heavy (non-hydrogen) atoms. The highest BCUT2D eigenvalue weighted by Gasteiger charge is 2.08. The molecule has 0 saturated heterocycles. The number of aryl methyl sites for hydroxylation is 1. The van der Waals surface area contributed by atoms with Crippen molar-refractivity contribution in [3.63, 3.8) is 0 Å². The van der Waals surface area contributed by atoms with Crippen molar-refractivity contribution in [3.05, 3.63) is 78.1 Å². The lowest BCUT2D eigenvalue weighted by Gasteiger charge is -2.10. The highest BCUT2D eigenvalue weighted by molar-refractivity contribution is 5.71.